The highest BCUT2D eigenvalue weighted by Gasteiger charge is 2.38. The van der Waals surface area contributed by atoms with Crippen LogP contribution >= 0.6 is 27.3 Å². The maximum Gasteiger partial charge on any atom is 0.0314 e. The molecule has 1 aliphatic rings. The molecule has 3 heteroatoms. The zero-order valence-electron chi connectivity index (χ0n) is 13.3. The minimum Gasteiger partial charge on any atom is -0.319 e. The minimum atomic E-state index is 0.462. The van der Waals surface area contributed by atoms with E-state index in [1.54, 1.807) is 0 Å². The first kappa shape index (κ1) is 16.5. The van der Waals surface area contributed by atoms with Crippen LogP contribution in [0.3, 0.4) is 0 Å². The summed E-state index contributed by atoms with van der Waals surface area (Å²) in [6, 6.07) is 2.19. The lowest BCUT2D eigenvalue weighted by atomic mass is 9.63. The van der Waals surface area contributed by atoms with Gasteiger partial charge in [0.25, 0.3) is 0 Å². The van der Waals surface area contributed by atoms with E-state index in [1.165, 1.54) is 41.5 Å². The SMILES string of the molecule is CNCC1(Cc2sccc2Br)CCC(C(C)(C)C)CC1. The molecule has 0 spiro atoms. The number of hydrogen-bond donors (Lipinski definition) is 1. The predicted molar refractivity (Wildman–Crippen MR) is 93.5 cm³/mol. The fraction of sp³-hybridized carbons (Fsp3) is 0.765. The Morgan fingerprint density at radius 3 is 2.45 bits per heavy atom. The smallest absolute Gasteiger partial charge is 0.0314 e. The van der Waals surface area contributed by atoms with Crippen LogP contribution in [0.15, 0.2) is 15.9 Å². The molecule has 1 aromatic rings. The Hall–Kier alpha value is 0.140. The van der Waals surface area contributed by atoms with Gasteiger partial charge >= 0.3 is 0 Å². The lowest BCUT2D eigenvalue weighted by Crippen LogP contribution is -2.40. The van der Waals surface area contributed by atoms with E-state index in [0.29, 0.717) is 10.8 Å². The first-order valence-electron chi connectivity index (χ1n) is 7.73. The summed E-state index contributed by atoms with van der Waals surface area (Å²) in [5, 5.41) is 5.65. The largest absolute Gasteiger partial charge is 0.319 e. The molecular formula is C17H28BrNS. The molecule has 0 bridgehead atoms. The highest BCUT2D eigenvalue weighted by atomic mass is 79.9. The van der Waals surface area contributed by atoms with Gasteiger partial charge in [0.15, 0.2) is 0 Å². The molecule has 0 amide bonds. The van der Waals surface area contributed by atoms with Gasteiger partial charge in [-0.15, -0.1) is 11.3 Å². The van der Waals surface area contributed by atoms with Crippen LogP contribution in [0.2, 0.25) is 0 Å². The van der Waals surface area contributed by atoms with Crippen molar-refractivity contribution >= 4 is 27.3 Å². The normalized spacial score (nSPS) is 27.8. The first-order valence-corrected chi connectivity index (χ1v) is 9.40. The molecule has 1 heterocycles. The fourth-order valence-corrected chi connectivity index (χ4v) is 5.35. The minimum absolute atomic E-state index is 0.462. The zero-order chi connectivity index (χ0) is 14.8. The predicted octanol–water partition coefficient (Wildman–Crippen LogP) is 5.50. The summed E-state index contributed by atoms with van der Waals surface area (Å²) in [5.41, 5.74) is 0.930. The third-order valence-corrected chi connectivity index (χ3v) is 6.98. The molecule has 1 aromatic heterocycles. The molecule has 1 fully saturated rings. The average Bonchev–Trinajstić information content (AvgIpc) is 2.75. The maximum atomic E-state index is 3.70. The van der Waals surface area contributed by atoms with Crippen molar-refractivity contribution in [2.45, 2.75) is 52.9 Å². The van der Waals surface area contributed by atoms with Gasteiger partial charge in [0.2, 0.25) is 0 Å². The van der Waals surface area contributed by atoms with E-state index < -0.39 is 0 Å². The van der Waals surface area contributed by atoms with Crippen LogP contribution in [0, 0.1) is 16.7 Å². The van der Waals surface area contributed by atoms with E-state index in [9.17, 15) is 0 Å². The van der Waals surface area contributed by atoms with Gasteiger partial charge < -0.3 is 5.32 Å². The number of thiophene rings is 1. The Balaban J connectivity index is 2.07. The van der Waals surface area contributed by atoms with Gasteiger partial charge in [-0.05, 0) is 83.3 Å². The maximum absolute atomic E-state index is 3.70. The fourth-order valence-electron chi connectivity index (χ4n) is 3.68. The van der Waals surface area contributed by atoms with E-state index in [2.05, 4.69) is 60.5 Å². The van der Waals surface area contributed by atoms with E-state index in [1.807, 2.05) is 11.3 Å². The number of nitrogens with one attached hydrogen (secondary N) is 1. The third-order valence-electron chi connectivity index (χ3n) is 5.05. The number of hydrogen-bond acceptors (Lipinski definition) is 2. The Morgan fingerprint density at radius 2 is 2.00 bits per heavy atom. The number of rotatable bonds is 4. The van der Waals surface area contributed by atoms with Crippen molar-refractivity contribution in [3.63, 3.8) is 0 Å². The highest BCUT2D eigenvalue weighted by Crippen LogP contribution is 2.47. The number of halogens is 1. The molecule has 0 aromatic carbocycles. The quantitative estimate of drug-likeness (QED) is 0.750. The molecule has 0 unspecified atom stereocenters. The van der Waals surface area contributed by atoms with Crippen molar-refractivity contribution in [1.29, 1.82) is 0 Å². The Bertz CT molecular complexity index is 424. The van der Waals surface area contributed by atoms with Crippen LogP contribution in [-0.4, -0.2) is 13.6 Å². The molecular weight excluding hydrogens is 330 g/mol. The molecule has 0 radical (unpaired) electrons. The molecule has 2 rings (SSSR count). The van der Waals surface area contributed by atoms with Crippen LogP contribution in [0.4, 0.5) is 0 Å². The average molecular weight is 358 g/mol. The summed E-state index contributed by atoms with van der Waals surface area (Å²) >= 11 is 5.60. The summed E-state index contributed by atoms with van der Waals surface area (Å²) in [7, 11) is 2.10. The molecule has 20 heavy (non-hydrogen) atoms. The summed E-state index contributed by atoms with van der Waals surface area (Å²) < 4.78 is 1.30. The second kappa shape index (κ2) is 6.50. The van der Waals surface area contributed by atoms with Crippen molar-refractivity contribution in [3.05, 3.63) is 20.8 Å². The molecule has 1 saturated carbocycles. The molecule has 0 aliphatic heterocycles. The van der Waals surface area contributed by atoms with Gasteiger partial charge in [0.05, 0.1) is 0 Å². The van der Waals surface area contributed by atoms with E-state index in [4.69, 9.17) is 0 Å². The van der Waals surface area contributed by atoms with Crippen molar-refractivity contribution in [3.8, 4) is 0 Å². The topological polar surface area (TPSA) is 12.0 Å². The van der Waals surface area contributed by atoms with Crippen LogP contribution in [0.5, 0.6) is 0 Å². The first-order chi connectivity index (χ1) is 9.36. The molecule has 1 N–H and O–H groups in total. The summed E-state index contributed by atoms with van der Waals surface area (Å²) in [6.07, 6.45) is 6.71. The van der Waals surface area contributed by atoms with Crippen LogP contribution < -0.4 is 5.32 Å². The molecule has 1 nitrogen and oxygen atoms in total. The second-order valence-corrected chi connectivity index (χ2v) is 9.39. The monoisotopic (exact) mass is 357 g/mol. The lowest BCUT2D eigenvalue weighted by molar-refractivity contribution is 0.0881. The lowest BCUT2D eigenvalue weighted by Gasteiger charge is -2.44. The van der Waals surface area contributed by atoms with E-state index in [0.717, 1.165) is 12.5 Å². The second-order valence-electron chi connectivity index (χ2n) is 7.54. The third kappa shape index (κ3) is 3.86. The van der Waals surface area contributed by atoms with Crippen molar-refractivity contribution < 1.29 is 0 Å². The van der Waals surface area contributed by atoms with Gasteiger partial charge in [0.1, 0.15) is 0 Å². The molecule has 0 atom stereocenters. The Labute approximate surface area is 136 Å². The van der Waals surface area contributed by atoms with Crippen molar-refractivity contribution in [2.24, 2.45) is 16.7 Å². The molecule has 1 aliphatic carbocycles. The van der Waals surface area contributed by atoms with E-state index in [-0.39, 0.29) is 0 Å². The zero-order valence-corrected chi connectivity index (χ0v) is 15.7. The van der Waals surface area contributed by atoms with Crippen molar-refractivity contribution in [1.82, 2.24) is 5.32 Å². The van der Waals surface area contributed by atoms with Crippen molar-refractivity contribution in [2.75, 3.05) is 13.6 Å². The van der Waals surface area contributed by atoms with Gasteiger partial charge in [-0.1, -0.05) is 20.8 Å². The van der Waals surface area contributed by atoms with Gasteiger partial charge in [-0.3, -0.25) is 0 Å². The molecule has 114 valence electrons. The van der Waals surface area contributed by atoms with Gasteiger partial charge in [0, 0.05) is 15.9 Å². The summed E-state index contributed by atoms with van der Waals surface area (Å²) in [5.74, 6) is 0.888. The van der Waals surface area contributed by atoms with Crippen LogP contribution in [-0.2, 0) is 6.42 Å². The van der Waals surface area contributed by atoms with Crippen LogP contribution in [0.1, 0.15) is 51.3 Å². The Morgan fingerprint density at radius 1 is 1.35 bits per heavy atom. The molecule has 0 saturated heterocycles. The standard InChI is InChI=1S/C17H28BrNS/c1-16(2,3)13-5-8-17(9-6-13,12-19-4)11-15-14(18)7-10-20-15/h7,10,13,19H,5-6,8-9,11-12H2,1-4H3. The highest BCUT2D eigenvalue weighted by molar-refractivity contribution is 9.10. The van der Waals surface area contributed by atoms with Gasteiger partial charge in [-0.25, -0.2) is 0 Å². The van der Waals surface area contributed by atoms with Gasteiger partial charge in [-0.2, -0.15) is 0 Å². The summed E-state index contributed by atoms with van der Waals surface area (Å²) in [4.78, 5) is 1.52. The Kier molecular flexibility index (Phi) is 5.36. The summed E-state index contributed by atoms with van der Waals surface area (Å²) in [6.45, 7) is 8.35. The van der Waals surface area contributed by atoms with Crippen LogP contribution in [0.25, 0.3) is 0 Å². The van der Waals surface area contributed by atoms with E-state index >= 15 is 0 Å².